The molecule has 4 nitrogen and oxygen atoms in total. The van der Waals surface area contributed by atoms with Crippen LogP contribution in [0.5, 0.6) is 0 Å². The van der Waals surface area contributed by atoms with Crippen LogP contribution in [0, 0.1) is 0 Å². The van der Waals surface area contributed by atoms with Crippen LogP contribution in [0.4, 0.5) is 0 Å². The number of hydrogen-bond donors (Lipinski definition) is 0. The largest absolute Gasteiger partial charge is 0.468 e. The molecule has 0 bridgehead atoms. The standard InChI is InChI=1S/C18H17BrO4/c1-21-17(20)16(13-7-9-15(19)10-8-13)18(22-11-12-23-18)14-5-3-2-4-6-14/h2-10,16H,11-12H2,1H3/t16-/m1/s1. The molecule has 120 valence electrons. The first kappa shape index (κ1) is 16.2. The molecule has 1 aliphatic heterocycles. The van der Waals surface area contributed by atoms with E-state index in [1.54, 1.807) is 0 Å². The smallest absolute Gasteiger partial charge is 0.319 e. The Labute approximate surface area is 143 Å². The lowest BCUT2D eigenvalue weighted by Crippen LogP contribution is -2.40. The van der Waals surface area contributed by atoms with Crippen molar-refractivity contribution in [2.75, 3.05) is 20.3 Å². The first-order valence-electron chi connectivity index (χ1n) is 7.34. The van der Waals surface area contributed by atoms with Crippen LogP contribution >= 0.6 is 15.9 Å². The highest BCUT2D eigenvalue weighted by Gasteiger charge is 2.51. The third-order valence-electron chi connectivity index (χ3n) is 3.91. The van der Waals surface area contributed by atoms with Crippen molar-refractivity contribution in [3.63, 3.8) is 0 Å². The van der Waals surface area contributed by atoms with Crippen LogP contribution in [0.3, 0.4) is 0 Å². The average molecular weight is 377 g/mol. The van der Waals surface area contributed by atoms with Crippen LogP contribution in [0.1, 0.15) is 17.0 Å². The molecule has 2 aromatic carbocycles. The van der Waals surface area contributed by atoms with Gasteiger partial charge in [-0.1, -0.05) is 58.4 Å². The van der Waals surface area contributed by atoms with Crippen LogP contribution in [0.2, 0.25) is 0 Å². The number of carbonyl (C=O) groups excluding carboxylic acids is 1. The second-order valence-corrected chi connectivity index (χ2v) is 6.15. The Morgan fingerprint density at radius 3 is 2.26 bits per heavy atom. The lowest BCUT2D eigenvalue weighted by atomic mass is 9.85. The predicted molar refractivity (Wildman–Crippen MR) is 88.9 cm³/mol. The molecule has 0 radical (unpaired) electrons. The lowest BCUT2D eigenvalue weighted by molar-refractivity contribution is -0.198. The summed E-state index contributed by atoms with van der Waals surface area (Å²) in [4.78, 5) is 12.6. The maximum atomic E-state index is 12.6. The van der Waals surface area contributed by atoms with E-state index in [9.17, 15) is 4.79 Å². The average Bonchev–Trinajstić information content (AvgIpc) is 3.08. The van der Waals surface area contributed by atoms with Crippen molar-refractivity contribution in [2.24, 2.45) is 0 Å². The molecule has 0 unspecified atom stereocenters. The molecule has 3 rings (SSSR count). The third kappa shape index (κ3) is 3.04. The van der Waals surface area contributed by atoms with Gasteiger partial charge >= 0.3 is 5.97 Å². The summed E-state index contributed by atoms with van der Waals surface area (Å²) in [5.74, 6) is -2.26. The van der Waals surface area contributed by atoms with Gasteiger partial charge in [0.1, 0.15) is 5.92 Å². The van der Waals surface area contributed by atoms with Gasteiger partial charge in [-0.05, 0) is 17.7 Å². The van der Waals surface area contributed by atoms with Gasteiger partial charge in [0.25, 0.3) is 0 Å². The molecular weight excluding hydrogens is 360 g/mol. The van der Waals surface area contributed by atoms with Gasteiger partial charge < -0.3 is 14.2 Å². The van der Waals surface area contributed by atoms with Crippen molar-refractivity contribution in [2.45, 2.75) is 11.7 Å². The van der Waals surface area contributed by atoms with E-state index in [0.29, 0.717) is 13.2 Å². The number of esters is 1. The highest BCUT2D eigenvalue weighted by molar-refractivity contribution is 9.10. The summed E-state index contributed by atoms with van der Waals surface area (Å²) in [7, 11) is 1.38. The van der Waals surface area contributed by atoms with Gasteiger partial charge in [-0.3, -0.25) is 4.79 Å². The molecule has 2 aromatic rings. The second-order valence-electron chi connectivity index (χ2n) is 5.24. The topological polar surface area (TPSA) is 44.8 Å². The number of benzene rings is 2. The minimum atomic E-state index is -1.16. The number of methoxy groups -OCH3 is 1. The van der Waals surface area contributed by atoms with Crippen molar-refractivity contribution >= 4 is 21.9 Å². The van der Waals surface area contributed by atoms with Crippen LogP contribution < -0.4 is 0 Å². The molecule has 0 amide bonds. The Morgan fingerprint density at radius 2 is 1.70 bits per heavy atom. The van der Waals surface area contributed by atoms with Crippen LogP contribution in [0.15, 0.2) is 59.1 Å². The van der Waals surface area contributed by atoms with E-state index in [-0.39, 0.29) is 0 Å². The summed E-state index contributed by atoms with van der Waals surface area (Å²) in [5, 5.41) is 0. The zero-order chi connectivity index (χ0) is 16.3. The molecule has 23 heavy (non-hydrogen) atoms. The van der Waals surface area contributed by atoms with E-state index in [2.05, 4.69) is 15.9 Å². The van der Waals surface area contributed by atoms with Crippen molar-refractivity contribution < 1.29 is 19.0 Å². The van der Waals surface area contributed by atoms with Crippen LogP contribution in [-0.4, -0.2) is 26.3 Å². The number of rotatable bonds is 4. The third-order valence-corrected chi connectivity index (χ3v) is 4.44. The molecule has 0 spiro atoms. The first-order valence-corrected chi connectivity index (χ1v) is 8.13. The minimum Gasteiger partial charge on any atom is -0.468 e. The highest BCUT2D eigenvalue weighted by atomic mass is 79.9. The Kier molecular flexibility index (Phi) is 4.80. The molecule has 1 aliphatic rings. The van der Waals surface area contributed by atoms with E-state index in [4.69, 9.17) is 14.2 Å². The SMILES string of the molecule is COC(=O)[C@@H](c1ccc(Br)cc1)C1(c2ccccc2)OCCO1. The number of halogens is 1. The van der Waals surface area contributed by atoms with Crippen molar-refractivity contribution in [3.8, 4) is 0 Å². The van der Waals surface area contributed by atoms with Crippen molar-refractivity contribution in [1.29, 1.82) is 0 Å². The summed E-state index contributed by atoms with van der Waals surface area (Å²) >= 11 is 3.41. The number of ether oxygens (including phenoxy) is 3. The molecule has 1 atom stereocenters. The quantitative estimate of drug-likeness (QED) is 0.764. The molecular formula is C18H17BrO4. The summed E-state index contributed by atoms with van der Waals surface area (Å²) in [6, 6.07) is 17.1. The molecule has 1 fully saturated rings. The Balaban J connectivity index is 2.13. The van der Waals surface area contributed by atoms with Gasteiger partial charge in [0.05, 0.1) is 20.3 Å². The second kappa shape index (κ2) is 6.83. The van der Waals surface area contributed by atoms with E-state index in [1.807, 2.05) is 54.6 Å². The zero-order valence-corrected chi connectivity index (χ0v) is 14.3. The molecule has 0 aromatic heterocycles. The van der Waals surface area contributed by atoms with Gasteiger partial charge in [0, 0.05) is 10.0 Å². The zero-order valence-electron chi connectivity index (χ0n) is 12.7. The minimum absolute atomic E-state index is 0.391. The Morgan fingerprint density at radius 1 is 1.09 bits per heavy atom. The molecule has 1 heterocycles. The maximum Gasteiger partial charge on any atom is 0.319 e. The monoisotopic (exact) mass is 376 g/mol. The van der Waals surface area contributed by atoms with Gasteiger partial charge in [0.2, 0.25) is 5.79 Å². The number of hydrogen-bond acceptors (Lipinski definition) is 4. The molecule has 1 saturated heterocycles. The van der Waals surface area contributed by atoms with E-state index in [0.717, 1.165) is 15.6 Å². The lowest BCUT2D eigenvalue weighted by Gasteiger charge is -2.34. The van der Waals surface area contributed by atoms with E-state index >= 15 is 0 Å². The molecule has 5 heteroatoms. The molecule has 0 aliphatic carbocycles. The van der Waals surface area contributed by atoms with E-state index < -0.39 is 17.7 Å². The fourth-order valence-corrected chi connectivity index (χ4v) is 3.15. The maximum absolute atomic E-state index is 12.6. The van der Waals surface area contributed by atoms with Gasteiger partial charge in [-0.2, -0.15) is 0 Å². The summed E-state index contributed by atoms with van der Waals surface area (Å²) in [6.45, 7) is 0.859. The van der Waals surface area contributed by atoms with Gasteiger partial charge in [-0.25, -0.2) is 0 Å². The first-order chi connectivity index (χ1) is 11.2. The summed E-state index contributed by atoms with van der Waals surface area (Å²) < 4.78 is 17.9. The van der Waals surface area contributed by atoms with Crippen molar-refractivity contribution in [1.82, 2.24) is 0 Å². The van der Waals surface area contributed by atoms with Crippen LogP contribution in [-0.2, 0) is 24.8 Å². The Bertz CT molecular complexity index is 663. The molecule has 0 N–H and O–H groups in total. The van der Waals surface area contributed by atoms with Gasteiger partial charge in [0.15, 0.2) is 0 Å². The Hall–Kier alpha value is -1.69. The van der Waals surface area contributed by atoms with Gasteiger partial charge in [-0.15, -0.1) is 0 Å². The van der Waals surface area contributed by atoms with Crippen molar-refractivity contribution in [3.05, 3.63) is 70.2 Å². The molecule has 0 saturated carbocycles. The normalized spacial score (nSPS) is 17.7. The summed E-state index contributed by atoms with van der Waals surface area (Å²) in [5.41, 5.74) is 1.58. The summed E-state index contributed by atoms with van der Waals surface area (Å²) in [6.07, 6.45) is 0. The fourth-order valence-electron chi connectivity index (χ4n) is 2.88. The highest BCUT2D eigenvalue weighted by Crippen LogP contribution is 2.44. The fraction of sp³-hybridized carbons (Fsp3) is 0.278. The number of carbonyl (C=O) groups is 1. The van der Waals surface area contributed by atoms with E-state index in [1.165, 1.54) is 7.11 Å². The predicted octanol–water partition coefficient (Wildman–Crippen LogP) is 3.61. The van der Waals surface area contributed by atoms with Crippen LogP contribution in [0.25, 0.3) is 0 Å².